The number of ketones is 1. The lowest BCUT2D eigenvalue weighted by atomic mass is 10.1. The van der Waals surface area contributed by atoms with Gasteiger partial charge in [-0.3, -0.25) is 9.59 Å². The Labute approximate surface area is 185 Å². The van der Waals surface area contributed by atoms with Gasteiger partial charge in [0.1, 0.15) is 0 Å². The van der Waals surface area contributed by atoms with Gasteiger partial charge in [-0.25, -0.2) is 8.42 Å². The molecule has 2 aromatic rings. The van der Waals surface area contributed by atoms with Gasteiger partial charge < -0.3 is 14.8 Å². The number of amides is 1. The van der Waals surface area contributed by atoms with E-state index >= 15 is 0 Å². The highest BCUT2D eigenvalue weighted by Gasteiger charge is 2.28. The number of nitrogens with zero attached hydrogens (tertiary/aromatic N) is 1. The average Bonchev–Trinajstić information content (AvgIpc) is 3.21. The van der Waals surface area contributed by atoms with E-state index in [0.29, 0.717) is 24.6 Å². The lowest BCUT2D eigenvalue weighted by Crippen LogP contribution is -2.35. The highest BCUT2D eigenvalue weighted by atomic mass is 35.5. The van der Waals surface area contributed by atoms with Gasteiger partial charge in [-0.2, -0.15) is 4.31 Å². The highest BCUT2D eigenvalue weighted by Crippen LogP contribution is 2.37. The van der Waals surface area contributed by atoms with Crippen LogP contribution in [0.4, 0.5) is 5.69 Å². The number of carbonyl (C=O) groups is 2. The number of carbonyl (C=O) groups excluding carboxylic acids is 2. The summed E-state index contributed by atoms with van der Waals surface area (Å²) < 4.78 is 38.0. The molecule has 0 atom stereocenters. The molecule has 164 valence electrons. The summed E-state index contributed by atoms with van der Waals surface area (Å²) in [4.78, 5) is 25.0. The molecule has 2 heterocycles. The number of benzene rings is 2. The summed E-state index contributed by atoms with van der Waals surface area (Å²) in [5.41, 5.74) is 0.458. The Hall–Kier alpha value is -2.62. The first kappa shape index (κ1) is 21.6. The first-order chi connectivity index (χ1) is 14.8. The Morgan fingerprint density at radius 1 is 1.00 bits per heavy atom. The predicted molar refractivity (Wildman–Crippen MR) is 115 cm³/mol. The number of ether oxygens (including phenoxy) is 2. The maximum atomic E-state index is 13.0. The lowest BCUT2D eigenvalue weighted by molar-refractivity contribution is 0.101. The summed E-state index contributed by atoms with van der Waals surface area (Å²) >= 11 is 6.21. The van der Waals surface area contributed by atoms with Gasteiger partial charge in [-0.05, 0) is 44.0 Å². The van der Waals surface area contributed by atoms with Gasteiger partial charge in [-0.15, -0.1) is 0 Å². The normalized spacial score (nSPS) is 16.2. The number of fused-ring (bicyclic) bond motifs is 1. The minimum absolute atomic E-state index is 0.00132. The van der Waals surface area contributed by atoms with Gasteiger partial charge in [0.2, 0.25) is 16.8 Å². The number of hydrogen-bond acceptors (Lipinski definition) is 6. The van der Waals surface area contributed by atoms with Gasteiger partial charge in [0.25, 0.3) is 5.91 Å². The van der Waals surface area contributed by atoms with Crippen LogP contribution in [0.5, 0.6) is 11.5 Å². The molecule has 0 radical (unpaired) electrons. The number of anilines is 1. The summed E-state index contributed by atoms with van der Waals surface area (Å²) in [6.07, 6.45) is 2.60. The fourth-order valence-electron chi connectivity index (χ4n) is 3.62. The van der Waals surface area contributed by atoms with Crippen LogP contribution in [0.1, 0.15) is 46.9 Å². The van der Waals surface area contributed by atoms with Crippen LogP contribution in [0.2, 0.25) is 5.02 Å². The fraction of sp³-hybridized carbons (Fsp3) is 0.333. The molecule has 8 nitrogen and oxygen atoms in total. The number of rotatable bonds is 5. The number of hydrogen-bond donors (Lipinski definition) is 1. The monoisotopic (exact) mass is 464 g/mol. The van der Waals surface area contributed by atoms with Gasteiger partial charge in [-0.1, -0.05) is 18.0 Å². The van der Waals surface area contributed by atoms with E-state index in [4.69, 9.17) is 21.1 Å². The van der Waals surface area contributed by atoms with Crippen LogP contribution in [0.3, 0.4) is 0 Å². The van der Waals surface area contributed by atoms with Crippen molar-refractivity contribution >= 4 is 39.0 Å². The molecule has 0 aromatic heterocycles. The molecule has 1 amide bonds. The first-order valence-corrected chi connectivity index (χ1v) is 11.6. The molecule has 2 aliphatic rings. The van der Waals surface area contributed by atoms with Crippen molar-refractivity contribution in [1.29, 1.82) is 0 Å². The number of halogens is 1. The highest BCUT2D eigenvalue weighted by molar-refractivity contribution is 7.89. The Balaban J connectivity index is 1.65. The summed E-state index contributed by atoms with van der Waals surface area (Å²) in [7, 11) is -3.73. The molecule has 4 rings (SSSR count). The van der Waals surface area contributed by atoms with E-state index < -0.39 is 15.9 Å². The maximum Gasteiger partial charge on any atom is 0.257 e. The van der Waals surface area contributed by atoms with Crippen molar-refractivity contribution in [3.05, 3.63) is 46.5 Å². The van der Waals surface area contributed by atoms with Crippen molar-refractivity contribution in [3.8, 4) is 11.5 Å². The third-order valence-electron chi connectivity index (χ3n) is 5.28. The summed E-state index contributed by atoms with van der Waals surface area (Å²) in [6.45, 7) is 2.29. The van der Waals surface area contributed by atoms with E-state index in [-0.39, 0.29) is 39.3 Å². The van der Waals surface area contributed by atoms with Crippen molar-refractivity contribution in [1.82, 2.24) is 4.31 Å². The average molecular weight is 465 g/mol. The predicted octanol–water partition coefficient (Wildman–Crippen LogP) is 3.70. The van der Waals surface area contributed by atoms with Crippen LogP contribution in [0.25, 0.3) is 0 Å². The van der Waals surface area contributed by atoms with E-state index in [1.54, 1.807) is 0 Å². The Morgan fingerprint density at radius 3 is 2.35 bits per heavy atom. The van der Waals surface area contributed by atoms with Gasteiger partial charge >= 0.3 is 0 Å². The smallest absolute Gasteiger partial charge is 0.257 e. The van der Waals surface area contributed by atoms with E-state index in [1.165, 1.54) is 41.6 Å². The SMILES string of the molecule is CC(=O)c1cc2c(cc1NC(=O)c1cc(S(=O)(=O)N3CCCCC3)ccc1Cl)OCO2. The van der Waals surface area contributed by atoms with Crippen LogP contribution in [-0.4, -0.2) is 44.3 Å². The third-order valence-corrected chi connectivity index (χ3v) is 7.50. The minimum atomic E-state index is -3.73. The Kier molecular flexibility index (Phi) is 5.92. The van der Waals surface area contributed by atoms with Crippen molar-refractivity contribution < 1.29 is 27.5 Å². The van der Waals surface area contributed by atoms with Crippen molar-refractivity contribution in [2.24, 2.45) is 0 Å². The van der Waals surface area contributed by atoms with Gasteiger partial charge in [0.15, 0.2) is 17.3 Å². The lowest BCUT2D eigenvalue weighted by Gasteiger charge is -2.26. The number of sulfonamides is 1. The maximum absolute atomic E-state index is 13.0. The van der Waals surface area contributed by atoms with Crippen LogP contribution in [0, 0.1) is 0 Å². The standard InChI is InChI=1S/C21H21ClN2O6S/c1-13(25)15-10-19-20(30-12-29-19)11-18(15)23-21(26)16-9-14(5-6-17(16)22)31(27,28)24-7-3-2-4-8-24/h5-6,9-11H,2-4,7-8,12H2,1H3,(H,23,26). The zero-order chi connectivity index (χ0) is 22.2. The molecule has 31 heavy (non-hydrogen) atoms. The van der Waals surface area contributed by atoms with Gasteiger partial charge in [0.05, 0.1) is 21.2 Å². The van der Waals surface area contributed by atoms with Crippen LogP contribution in [0.15, 0.2) is 35.2 Å². The summed E-state index contributed by atoms with van der Waals surface area (Å²) in [6, 6.07) is 7.05. The van der Waals surface area contributed by atoms with Crippen LogP contribution in [-0.2, 0) is 10.0 Å². The molecule has 2 aliphatic heterocycles. The molecule has 0 saturated carbocycles. The molecule has 0 aliphatic carbocycles. The van der Waals surface area contributed by atoms with E-state index in [1.807, 2.05) is 0 Å². The second-order valence-electron chi connectivity index (χ2n) is 7.37. The van der Waals surface area contributed by atoms with E-state index in [9.17, 15) is 18.0 Å². The molecule has 0 bridgehead atoms. The molecule has 2 aromatic carbocycles. The summed E-state index contributed by atoms with van der Waals surface area (Å²) in [5, 5.41) is 2.75. The van der Waals surface area contributed by atoms with E-state index in [2.05, 4.69) is 5.32 Å². The minimum Gasteiger partial charge on any atom is -0.454 e. The molecular formula is C21H21ClN2O6S. The van der Waals surface area contributed by atoms with Crippen molar-refractivity contribution in [2.75, 3.05) is 25.2 Å². The summed E-state index contributed by atoms with van der Waals surface area (Å²) in [5.74, 6) is -0.105. The molecule has 10 heteroatoms. The van der Waals surface area contributed by atoms with Crippen LogP contribution >= 0.6 is 11.6 Å². The zero-order valence-electron chi connectivity index (χ0n) is 16.8. The van der Waals surface area contributed by atoms with Crippen molar-refractivity contribution in [2.45, 2.75) is 31.1 Å². The third kappa shape index (κ3) is 4.26. The first-order valence-electron chi connectivity index (χ1n) is 9.83. The second-order valence-corrected chi connectivity index (χ2v) is 9.71. The van der Waals surface area contributed by atoms with Crippen molar-refractivity contribution in [3.63, 3.8) is 0 Å². The van der Waals surface area contributed by atoms with E-state index in [0.717, 1.165) is 19.3 Å². The fourth-order valence-corrected chi connectivity index (χ4v) is 5.37. The molecular weight excluding hydrogens is 444 g/mol. The quantitative estimate of drug-likeness (QED) is 0.677. The number of nitrogens with one attached hydrogen (secondary N) is 1. The molecule has 1 N–H and O–H groups in total. The number of piperidine rings is 1. The molecule has 0 unspecified atom stereocenters. The van der Waals surface area contributed by atoms with Crippen LogP contribution < -0.4 is 14.8 Å². The largest absolute Gasteiger partial charge is 0.454 e. The Bertz CT molecular complexity index is 1160. The molecule has 0 spiro atoms. The number of Topliss-reactive ketones (excluding diaryl/α,β-unsaturated/α-hetero) is 1. The second kappa shape index (κ2) is 8.49. The Morgan fingerprint density at radius 2 is 1.68 bits per heavy atom. The van der Waals surface area contributed by atoms with Gasteiger partial charge in [0, 0.05) is 24.7 Å². The molecule has 1 saturated heterocycles. The topological polar surface area (TPSA) is 102 Å². The zero-order valence-corrected chi connectivity index (χ0v) is 18.4. The molecule has 1 fully saturated rings.